The zero-order valence-corrected chi connectivity index (χ0v) is 16.2. The maximum atomic E-state index is 14.0. The second-order valence-electron chi connectivity index (χ2n) is 4.76. The summed E-state index contributed by atoms with van der Waals surface area (Å²) < 4.78 is 47.1. The van der Waals surface area contributed by atoms with Gasteiger partial charge in [-0.2, -0.15) is 4.39 Å². The van der Waals surface area contributed by atoms with E-state index in [0.717, 1.165) is 24.9 Å². The molecule has 1 aromatic rings. The molecule has 0 aromatic heterocycles. The third kappa shape index (κ3) is 6.10. The Labute approximate surface area is 160 Å². The quantitative estimate of drug-likeness (QED) is 0.209. The predicted molar refractivity (Wildman–Crippen MR) is 96.3 cm³/mol. The SMILES string of the molecule is CCOC(=O)C(C(=O)OCC)=C(Nc1ccc(F)c(F)c1OC)SCOC. The lowest BCUT2D eigenvalue weighted by atomic mass is 10.2. The second kappa shape index (κ2) is 11.4. The fourth-order valence-corrected chi connectivity index (χ4v) is 2.65. The normalized spacial score (nSPS) is 10.1. The van der Waals surface area contributed by atoms with Crippen molar-refractivity contribution in [1.82, 2.24) is 0 Å². The van der Waals surface area contributed by atoms with Crippen LogP contribution < -0.4 is 10.1 Å². The summed E-state index contributed by atoms with van der Waals surface area (Å²) in [4.78, 5) is 24.6. The van der Waals surface area contributed by atoms with Crippen LogP contribution in [0.15, 0.2) is 22.7 Å². The molecule has 150 valence electrons. The van der Waals surface area contributed by atoms with Crippen LogP contribution in [-0.4, -0.2) is 45.3 Å². The Bertz CT molecular complexity index is 691. The molecule has 27 heavy (non-hydrogen) atoms. The van der Waals surface area contributed by atoms with Gasteiger partial charge >= 0.3 is 11.9 Å². The van der Waals surface area contributed by atoms with Gasteiger partial charge in [-0.05, 0) is 26.0 Å². The van der Waals surface area contributed by atoms with Crippen LogP contribution in [-0.2, 0) is 23.8 Å². The summed E-state index contributed by atoms with van der Waals surface area (Å²) in [6.07, 6.45) is 0. The van der Waals surface area contributed by atoms with Crippen molar-refractivity contribution in [2.75, 3.05) is 38.7 Å². The fourth-order valence-electron chi connectivity index (χ4n) is 1.92. The van der Waals surface area contributed by atoms with Gasteiger partial charge in [-0.15, -0.1) is 0 Å². The first-order valence-corrected chi connectivity index (χ1v) is 8.88. The Morgan fingerprint density at radius 3 is 2.15 bits per heavy atom. The van der Waals surface area contributed by atoms with Gasteiger partial charge in [0.2, 0.25) is 5.82 Å². The molecule has 7 nitrogen and oxygen atoms in total. The lowest BCUT2D eigenvalue weighted by Crippen LogP contribution is -2.22. The first-order chi connectivity index (χ1) is 12.9. The number of methoxy groups -OCH3 is 2. The zero-order valence-electron chi connectivity index (χ0n) is 15.4. The molecular weight excluding hydrogens is 384 g/mol. The molecule has 0 aliphatic heterocycles. The number of hydrogen-bond acceptors (Lipinski definition) is 8. The van der Waals surface area contributed by atoms with Crippen molar-refractivity contribution in [3.8, 4) is 5.75 Å². The molecule has 0 radical (unpaired) electrons. The van der Waals surface area contributed by atoms with Gasteiger partial charge in [-0.3, -0.25) is 0 Å². The average Bonchev–Trinajstić information content (AvgIpc) is 2.63. The highest BCUT2D eigenvalue weighted by Crippen LogP contribution is 2.33. The van der Waals surface area contributed by atoms with E-state index in [0.29, 0.717) is 0 Å². The molecule has 10 heteroatoms. The largest absolute Gasteiger partial charge is 0.491 e. The number of benzene rings is 1. The Morgan fingerprint density at radius 1 is 1.07 bits per heavy atom. The molecule has 0 unspecified atom stereocenters. The van der Waals surface area contributed by atoms with Crippen molar-refractivity contribution >= 4 is 29.4 Å². The Morgan fingerprint density at radius 2 is 1.67 bits per heavy atom. The van der Waals surface area contributed by atoms with Crippen LogP contribution in [0.2, 0.25) is 0 Å². The molecule has 0 saturated carbocycles. The number of esters is 2. The second-order valence-corrected chi connectivity index (χ2v) is 5.70. The Kier molecular flexibility index (Phi) is 9.59. The van der Waals surface area contributed by atoms with Gasteiger partial charge in [0.05, 0.1) is 37.0 Å². The number of carbonyl (C=O) groups is 2. The molecule has 0 aliphatic carbocycles. The highest BCUT2D eigenvalue weighted by atomic mass is 32.2. The van der Waals surface area contributed by atoms with Gasteiger partial charge in [0, 0.05) is 7.11 Å². The summed E-state index contributed by atoms with van der Waals surface area (Å²) in [7, 11) is 2.57. The Balaban J connectivity index is 3.47. The van der Waals surface area contributed by atoms with Gasteiger partial charge in [-0.25, -0.2) is 14.0 Å². The smallest absolute Gasteiger partial charge is 0.348 e. The summed E-state index contributed by atoms with van der Waals surface area (Å²) in [6, 6.07) is 2.09. The van der Waals surface area contributed by atoms with E-state index in [1.165, 1.54) is 13.2 Å². The summed E-state index contributed by atoms with van der Waals surface area (Å²) in [5, 5.41) is 2.69. The van der Waals surface area contributed by atoms with Crippen molar-refractivity contribution in [2.45, 2.75) is 13.8 Å². The van der Waals surface area contributed by atoms with Crippen LogP contribution >= 0.6 is 11.8 Å². The minimum Gasteiger partial charge on any atom is -0.491 e. The minimum atomic E-state index is -1.22. The van der Waals surface area contributed by atoms with Crippen LogP contribution in [0.5, 0.6) is 5.75 Å². The summed E-state index contributed by atoms with van der Waals surface area (Å²) in [5.41, 5.74) is -0.423. The van der Waals surface area contributed by atoms with Gasteiger partial charge in [0.25, 0.3) is 0 Å². The van der Waals surface area contributed by atoms with Crippen molar-refractivity contribution in [3.63, 3.8) is 0 Å². The van der Waals surface area contributed by atoms with E-state index >= 15 is 0 Å². The molecule has 0 spiro atoms. The first-order valence-electron chi connectivity index (χ1n) is 7.90. The van der Waals surface area contributed by atoms with E-state index in [1.54, 1.807) is 13.8 Å². The lowest BCUT2D eigenvalue weighted by molar-refractivity contribution is -0.146. The number of hydrogen-bond donors (Lipinski definition) is 1. The van der Waals surface area contributed by atoms with Crippen molar-refractivity contribution in [3.05, 3.63) is 34.4 Å². The van der Waals surface area contributed by atoms with E-state index in [9.17, 15) is 18.4 Å². The van der Waals surface area contributed by atoms with Gasteiger partial charge in [-0.1, -0.05) is 11.8 Å². The standard InChI is InChI=1S/C17H21F2NO6S/c1-5-25-16(21)12(17(22)26-6-2)15(27-9-23-3)20-11-8-7-10(18)13(19)14(11)24-4/h7-8,20H,5-6,9H2,1-4H3. The molecule has 0 saturated heterocycles. The lowest BCUT2D eigenvalue weighted by Gasteiger charge is -2.17. The monoisotopic (exact) mass is 405 g/mol. The topological polar surface area (TPSA) is 83.1 Å². The van der Waals surface area contributed by atoms with Crippen LogP contribution in [0.3, 0.4) is 0 Å². The van der Waals surface area contributed by atoms with Gasteiger partial charge in [0.1, 0.15) is 0 Å². The number of halogens is 2. The number of rotatable bonds is 10. The molecule has 1 rings (SSSR count). The predicted octanol–water partition coefficient (Wildman–Crippen LogP) is 3.06. The molecule has 1 N–H and O–H groups in total. The van der Waals surface area contributed by atoms with Gasteiger partial charge < -0.3 is 24.3 Å². The summed E-state index contributed by atoms with van der Waals surface area (Å²) >= 11 is 0.935. The van der Waals surface area contributed by atoms with Crippen LogP contribution in [0.4, 0.5) is 14.5 Å². The molecular formula is C17H21F2NO6S. The highest BCUT2D eigenvalue weighted by Gasteiger charge is 2.28. The number of carbonyl (C=O) groups excluding carboxylic acids is 2. The molecule has 0 heterocycles. The molecule has 0 bridgehead atoms. The molecule has 1 aromatic carbocycles. The number of anilines is 1. The van der Waals surface area contributed by atoms with Crippen LogP contribution in [0.1, 0.15) is 13.8 Å². The van der Waals surface area contributed by atoms with Crippen LogP contribution in [0.25, 0.3) is 0 Å². The zero-order chi connectivity index (χ0) is 20.4. The third-order valence-corrected chi connectivity index (χ3v) is 3.96. The summed E-state index contributed by atoms with van der Waals surface area (Å²) in [6.45, 7) is 3.21. The fraction of sp³-hybridized carbons (Fsp3) is 0.412. The number of nitrogens with one attached hydrogen (secondary N) is 1. The molecule has 0 aliphatic rings. The number of thioether (sulfide) groups is 1. The van der Waals surface area contributed by atoms with E-state index < -0.39 is 34.9 Å². The molecule has 0 amide bonds. The van der Waals surface area contributed by atoms with E-state index in [4.69, 9.17) is 18.9 Å². The van der Waals surface area contributed by atoms with Gasteiger partial charge in [0.15, 0.2) is 17.1 Å². The molecule has 0 atom stereocenters. The first kappa shape index (κ1) is 22.7. The maximum absolute atomic E-state index is 14.0. The van der Waals surface area contributed by atoms with Crippen molar-refractivity contribution in [2.24, 2.45) is 0 Å². The van der Waals surface area contributed by atoms with E-state index in [2.05, 4.69) is 5.32 Å². The molecule has 0 fully saturated rings. The van der Waals surface area contributed by atoms with Crippen molar-refractivity contribution in [1.29, 1.82) is 0 Å². The number of ether oxygens (including phenoxy) is 4. The van der Waals surface area contributed by atoms with E-state index in [-0.39, 0.29) is 29.9 Å². The minimum absolute atomic E-state index is 0.00102. The highest BCUT2D eigenvalue weighted by molar-refractivity contribution is 8.03. The average molecular weight is 405 g/mol. The third-order valence-electron chi connectivity index (χ3n) is 3.01. The van der Waals surface area contributed by atoms with Crippen molar-refractivity contribution < 1.29 is 37.3 Å². The Hall–Kier alpha value is -2.33. The summed E-state index contributed by atoms with van der Waals surface area (Å²) in [5.74, 6) is -4.54. The van der Waals surface area contributed by atoms with Crippen LogP contribution in [0, 0.1) is 11.6 Å². The maximum Gasteiger partial charge on any atom is 0.348 e. The van der Waals surface area contributed by atoms with E-state index in [1.807, 2.05) is 0 Å².